The molecule has 1 aromatic carbocycles. The zero-order valence-electron chi connectivity index (χ0n) is 13.4. The van der Waals surface area contributed by atoms with Gasteiger partial charge in [0.2, 0.25) is 5.91 Å². The molecule has 1 aromatic rings. The van der Waals surface area contributed by atoms with Gasteiger partial charge >= 0.3 is 0 Å². The van der Waals surface area contributed by atoms with E-state index >= 15 is 0 Å². The fourth-order valence-electron chi connectivity index (χ4n) is 5.36. The summed E-state index contributed by atoms with van der Waals surface area (Å²) in [5.41, 5.74) is 0.691. The molecule has 0 atom stereocenters. The number of anilines is 1. The maximum atomic E-state index is 12.8. The van der Waals surface area contributed by atoms with E-state index in [2.05, 4.69) is 5.32 Å². The summed E-state index contributed by atoms with van der Waals surface area (Å²) in [6, 6.07) is 6.48. The normalized spacial score (nSPS) is 35.3. The van der Waals surface area contributed by atoms with Crippen LogP contribution < -0.4 is 5.32 Å². The molecule has 23 heavy (non-hydrogen) atoms. The summed E-state index contributed by atoms with van der Waals surface area (Å²) >= 11 is 0. The summed E-state index contributed by atoms with van der Waals surface area (Å²) in [6.45, 7) is 0. The number of benzene rings is 1. The largest absolute Gasteiger partial charge is 0.326 e. The molecular formula is C18H23NO3S. The van der Waals surface area contributed by atoms with Gasteiger partial charge in [-0.3, -0.25) is 4.79 Å². The average molecular weight is 333 g/mol. The van der Waals surface area contributed by atoms with Crippen LogP contribution in [0.25, 0.3) is 0 Å². The third kappa shape index (κ3) is 2.80. The Bertz CT molecular complexity index is 695. The second-order valence-corrected chi connectivity index (χ2v) is 9.76. The van der Waals surface area contributed by atoms with Crippen LogP contribution in [0.15, 0.2) is 29.2 Å². The summed E-state index contributed by atoms with van der Waals surface area (Å²) in [5.74, 6) is 3.11. The number of carbonyl (C=O) groups excluding carboxylic acids is 1. The fourth-order valence-corrected chi connectivity index (χ4v) is 5.99. The van der Waals surface area contributed by atoms with E-state index < -0.39 is 9.84 Å². The second-order valence-electron chi connectivity index (χ2n) is 7.74. The minimum Gasteiger partial charge on any atom is -0.326 e. The first-order chi connectivity index (χ1) is 10.9. The first kappa shape index (κ1) is 15.2. The quantitative estimate of drug-likeness (QED) is 0.924. The van der Waals surface area contributed by atoms with Gasteiger partial charge in [-0.05, 0) is 80.0 Å². The molecule has 0 spiro atoms. The summed E-state index contributed by atoms with van der Waals surface area (Å²) in [4.78, 5) is 13.0. The Kier molecular flexibility index (Phi) is 3.52. The SMILES string of the molecule is CS(=O)(=O)c1ccc(NC(=O)C2C3CC4CC(C3)CC2C4)cc1. The molecule has 0 aliphatic heterocycles. The molecule has 4 nitrogen and oxygen atoms in total. The zero-order chi connectivity index (χ0) is 16.2. The lowest BCUT2D eigenvalue weighted by atomic mass is 9.51. The van der Waals surface area contributed by atoms with Crippen LogP contribution in [-0.4, -0.2) is 20.6 Å². The molecule has 4 aliphatic rings. The standard InChI is InChI=1S/C18H23NO3S/c1-23(21,22)16-4-2-15(3-5-16)19-18(20)17-13-7-11-6-12(9-13)10-14(17)8-11/h2-5,11-14,17H,6-10H2,1H3,(H,19,20). The van der Waals surface area contributed by atoms with Crippen LogP contribution in [-0.2, 0) is 14.6 Å². The molecule has 4 saturated carbocycles. The third-order valence-corrected chi connectivity index (χ3v) is 7.21. The first-order valence-electron chi connectivity index (χ1n) is 8.51. The molecule has 0 heterocycles. The van der Waals surface area contributed by atoms with Gasteiger partial charge in [0, 0.05) is 17.9 Å². The lowest BCUT2D eigenvalue weighted by Crippen LogP contribution is -2.49. The maximum Gasteiger partial charge on any atom is 0.228 e. The van der Waals surface area contributed by atoms with E-state index in [4.69, 9.17) is 0 Å². The lowest BCUT2D eigenvalue weighted by Gasteiger charge is -2.53. The van der Waals surface area contributed by atoms with Crippen LogP contribution in [0.4, 0.5) is 5.69 Å². The number of amides is 1. The first-order valence-corrected chi connectivity index (χ1v) is 10.4. The predicted octanol–water partition coefficient (Wildman–Crippen LogP) is 3.10. The van der Waals surface area contributed by atoms with Gasteiger partial charge in [-0.2, -0.15) is 0 Å². The van der Waals surface area contributed by atoms with Crippen molar-refractivity contribution in [1.29, 1.82) is 0 Å². The van der Waals surface area contributed by atoms with Crippen molar-refractivity contribution < 1.29 is 13.2 Å². The van der Waals surface area contributed by atoms with Gasteiger partial charge in [-0.1, -0.05) is 0 Å². The Labute approximate surface area is 137 Å². The van der Waals surface area contributed by atoms with Crippen LogP contribution in [0.1, 0.15) is 32.1 Å². The van der Waals surface area contributed by atoms with E-state index in [1.165, 1.54) is 38.4 Å². The van der Waals surface area contributed by atoms with Crippen LogP contribution in [0.3, 0.4) is 0 Å². The molecular weight excluding hydrogens is 310 g/mol. The topological polar surface area (TPSA) is 63.2 Å². The van der Waals surface area contributed by atoms with Crippen molar-refractivity contribution in [3.63, 3.8) is 0 Å². The smallest absolute Gasteiger partial charge is 0.228 e. The number of hydrogen-bond acceptors (Lipinski definition) is 3. The van der Waals surface area contributed by atoms with E-state index in [9.17, 15) is 13.2 Å². The van der Waals surface area contributed by atoms with Crippen LogP contribution in [0.2, 0.25) is 0 Å². The molecule has 124 valence electrons. The number of rotatable bonds is 3. The molecule has 4 bridgehead atoms. The van der Waals surface area contributed by atoms with E-state index in [0.29, 0.717) is 17.5 Å². The van der Waals surface area contributed by atoms with E-state index in [1.54, 1.807) is 24.3 Å². The van der Waals surface area contributed by atoms with Gasteiger partial charge in [0.05, 0.1) is 4.90 Å². The second kappa shape index (κ2) is 5.33. The highest BCUT2D eigenvalue weighted by atomic mass is 32.2. The van der Waals surface area contributed by atoms with Crippen molar-refractivity contribution in [2.75, 3.05) is 11.6 Å². The fraction of sp³-hybridized carbons (Fsp3) is 0.611. The number of carbonyl (C=O) groups is 1. The highest BCUT2D eigenvalue weighted by Crippen LogP contribution is 2.56. The summed E-state index contributed by atoms with van der Waals surface area (Å²) in [6.07, 6.45) is 7.45. The Balaban J connectivity index is 1.48. The molecule has 1 N–H and O–H groups in total. The van der Waals surface area contributed by atoms with Gasteiger partial charge < -0.3 is 5.32 Å². The van der Waals surface area contributed by atoms with Gasteiger partial charge in [0.1, 0.15) is 0 Å². The zero-order valence-corrected chi connectivity index (χ0v) is 14.2. The van der Waals surface area contributed by atoms with Gasteiger partial charge in [-0.25, -0.2) is 8.42 Å². The van der Waals surface area contributed by atoms with Crippen molar-refractivity contribution in [3.05, 3.63) is 24.3 Å². The minimum absolute atomic E-state index is 0.130. The molecule has 4 aliphatic carbocycles. The van der Waals surface area contributed by atoms with Crippen molar-refractivity contribution in [2.24, 2.45) is 29.6 Å². The molecule has 0 radical (unpaired) electrons. The van der Waals surface area contributed by atoms with Crippen LogP contribution in [0.5, 0.6) is 0 Å². The maximum absolute atomic E-state index is 12.8. The Hall–Kier alpha value is -1.36. The van der Waals surface area contributed by atoms with Crippen molar-refractivity contribution >= 4 is 21.4 Å². The Morgan fingerprint density at radius 1 is 0.957 bits per heavy atom. The highest BCUT2D eigenvalue weighted by Gasteiger charge is 2.50. The van der Waals surface area contributed by atoms with Crippen LogP contribution in [0, 0.1) is 29.6 Å². The molecule has 0 unspecified atom stereocenters. The van der Waals surface area contributed by atoms with E-state index in [0.717, 1.165) is 11.8 Å². The lowest BCUT2D eigenvalue weighted by molar-refractivity contribution is -0.132. The van der Waals surface area contributed by atoms with E-state index in [-0.39, 0.29) is 16.7 Å². The van der Waals surface area contributed by atoms with Gasteiger partial charge in [-0.15, -0.1) is 0 Å². The molecule has 4 fully saturated rings. The molecule has 1 amide bonds. The highest BCUT2D eigenvalue weighted by molar-refractivity contribution is 7.90. The summed E-state index contributed by atoms with van der Waals surface area (Å²) in [7, 11) is -3.19. The summed E-state index contributed by atoms with van der Waals surface area (Å²) < 4.78 is 23.0. The van der Waals surface area contributed by atoms with Crippen molar-refractivity contribution in [3.8, 4) is 0 Å². The molecule has 0 aromatic heterocycles. The Morgan fingerprint density at radius 3 is 1.96 bits per heavy atom. The van der Waals surface area contributed by atoms with Crippen molar-refractivity contribution in [2.45, 2.75) is 37.0 Å². The Morgan fingerprint density at radius 2 is 1.48 bits per heavy atom. The number of hydrogen-bond donors (Lipinski definition) is 1. The third-order valence-electron chi connectivity index (χ3n) is 6.08. The minimum atomic E-state index is -3.19. The number of sulfone groups is 1. The van der Waals surface area contributed by atoms with Crippen molar-refractivity contribution in [1.82, 2.24) is 0 Å². The predicted molar refractivity (Wildman–Crippen MR) is 88.7 cm³/mol. The van der Waals surface area contributed by atoms with Gasteiger partial charge in [0.15, 0.2) is 9.84 Å². The monoisotopic (exact) mass is 333 g/mol. The number of nitrogens with one attached hydrogen (secondary N) is 1. The summed E-state index contributed by atoms with van der Waals surface area (Å²) in [5, 5.41) is 3.01. The van der Waals surface area contributed by atoms with E-state index in [1.807, 2.05) is 0 Å². The molecule has 0 saturated heterocycles. The van der Waals surface area contributed by atoms with Crippen LogP contribution >= 0.6 is 0 Å². The van der Waals surface area contributed by atoms with Gasteiger partial charge in [0.25, 0.3) is 0 Å². The molecule has 5 rings (SSSR count). The molecule has 5 heteroatoms. The average Bonchev–Trinajstić information content (AvgIpc) is 2.45.